The minimum absolute atomic E-state index is 0.200. The van der Waals surface area contributed by atoms with Crippen molar-refractivity contribution in [1.29, 1.82) is 0 Å². The van der Waals surface area contributed by atoms with Gasteiger partial charge in [-0.15, -0.1) is 0 Å². The van der Waals surface area contributed by atoms with Crippen LogP contribution in [0.3, 0.4) is 0 Å². The van der Waals surface area contributed by atoms with E-state index in [0.717, 1.165) is 25.7 Å². The first-order valence-corrected chi connectivity index (χ1v) is 22.0. The maximum absolute atomic E-state index is 12.0. The summed E-state index contributed by atoms with van der Waals surface area (Å²) in [6, 6.07) is 0. The van der Waals surface area contributed by atoms with Crippen LogP contribution in [-0.2, 0) is 18.8 Å². The molecule has 0 bridgehead atoms. The van der Waals surface area contributed by atoms with Gasteiger partial charge in [-0.25, -0.2) is 8.37 Å². The van der Waals surface area contributed by atoms with Crippen LogP contribution in [-0.4, -0.2) is 33.3 Å². The van der Waals surface area contributed by atoms with Crippen molar-refractivity contribution in [3.8, 4) is 0 Å². The minimum atomic E-state index is -4.02. The number of aliphatic hydroxyl groups is 1. The molecule has 0 rings (SSSR count). The Bertz CT molecular complexity index is 633. The lowest BCUT2D eigenvalue weighted by Gasteiger charge is -2.17. The van der Waals surface area contributed by atoms with Crippen LogP contribution in [0.2, 0.25) is 0 Å². The molecule has 1 N–H and O–H groups in total. The van der Waals surface area contributed by atoms with E-state index in [1.165, 1.54) is 193 Å². The van der Waals surface area contributed by atoms with Crippen molar-refractivity contribution < 1.29 is 21.9 Å². The van der Waals surface area contributed by atoms with Gasteiger partial charge < -0.3 is 5.11 Å². The lowest BCUT2D eigenvalue weighted by atomic mass is 9.94. The van der Waals surface area contributed by atoms with Gasteiger partial charge >= 0.3 is 10.4 Å². The first-order valence-electron chi connectivity index (χ1n) is 20.7. The van der Waals surface area contributed by atoms with E-state index in [0.29, 0.717) is 0 Å². The topological polar surface area (TPSA) is 72.8 Å². The zero-order chi connectivity index (χ0) is 33.7. The predicted octanol–water partition coefficient (Wildman–Crippen LogP) is 13.2. The van der Waals surface area contributed by atoms with Gasteiger partial charge in [-0.1, -0.05) is 219 Å². The number of aliphatic hydroxyl groups excluding tert-OH is 1. The van der Waals surface area contributed by atoms with Crippen molar-refractivity contribution in [2.24, 2.45) is 5.92 Å². The van der Waals surface area contributed by atoms with Gasteiger partial charge in [-0.05, 0) is 18.8 Å². The van der Waals surface area contributed by atoms with E-state index < -0.39 is 10.4 Å². The van der Waals surface area contributed by atoms with Crippen molar-refractivity contribution >= 4 is 10.4 Å². The van der Waals surface area contributed by atoms with Crippen LogP contribution < -0.4 is 0 Å². The van der Waals surface area contributed by atoms with Gasteiger partial charge in [-0.2, -0.15) is 8.42 Å². The second-order valence-corrected chi connectivity index (χ2v) is 15.6. The molecule has 0 aliphatic carbocycles. The van der Waals surface area contributed by atoms with Crippen LogP contribution in [0.25, 0.3) is 0 Å². The molecule has 0 aromatic heterocycles. The molecule has 46 heavy (non-hydrogen) atoms. The van der Waals surface area contributed by atoms with E-state index in [2.05, 4.69) is 13.8 Å². The van der Waals surface area contributed by atoms with E-state index in [1.54, 1.807) is 0 Å². The molecule has 6 heteroatoms. The van der Waals surface area contributed by atoms with Gasteiger partial charge in [0, 0.05) is 0 Å². The molecule has 5 nitrogen and oxygen atoms in total. The average Bonchev–Trinajstić information content (AvgIpc) is 3.05. The molecule has 0 aliphatic heterocycles. The number of unbranched alkanes of at least 4 members (excludes halogenated alkanes) is 30. The smallest absolute Gasteiger partial charge is 0.394 e. The van der Waals surface area contributed by atoms with E-state index >= 15 is 0 Å². The van der Waals surface area contributed by atoms with E-state index in [4.69, 9.17) is 13.5 Å². The fourth-order valence-electron chi connectivity index (χ4n) is 6.63. The molecule has 0 aromatic carbocycles. The second-order valence-electron chi connectivity index (χ2n) is 14.3. The Morgan fingerprint density at radius 3 is 0.935 bits per heavy atom. The highest BCUT2D eigenvalue weighted by molar-refractivity contribution is 7.81. The first kappa shape index (κ1) is 45.8. The third-order valence-corrected chi connectivity index (χ3v) is 10.6. The van der Waals surface area contributed by atoms with Crippen LogP contribution >= 0.6 is 0 Å². The van der Waals surface area contributed by atoms with Crippen LogP contribution in [0.1, 0.15) is 232 Å². The van der Waals surface area contributed by atoms with Crippen LogP contribution in [0.4, 0.5) is 0 Å². The Hall–Kier alpha value is -0.170. The molecule has 0 saturated heterocycles. The molecule has 0 fully saturated rings. The van der Waals surface area contributed by atoms with Crippen molar-refractivity contribution in [3.05, 3.63) is 0 Å². The normalized spacial score (nSPS) is 12.1. The van der Waals surface area contributed by atoms with Gasteiger partial charge in [-0.3, -0.25) is 0 Å². The third-order valence-electron chi connectivity index (χ3n) is 9.70. The molecule has 0 unspecified atom stereocenters. The summed E-state index contributed by atoms with van der Waals surface area (Å²) in [5.41, 5.74) is 0. The van der Waals surface area contributed by atoms with Crippen molar-refractivity contribution in [3.63, 3.8) is 0 Å². The first-order chi connectivity index (χ1) is 22.6. The molecular weight excluding hydrogens is 593 g/mol. The SMILES string of the molecule is CCCCCCCCCCCCCCCCCCC(CCCCCCCCCCCCCCCCCC)COS(=O)(=O)OCCO. The maximum Gasteiger partial charge on any atom is 0.399 e. The highest BCUT2D eigenvalue weighted by atomic mass is 32.3. The largest absolute Gasteiger partial charge is 0.399 e. The van der Waals surface area contributed by atoms with Crippen LogP contribution in [0.5, 0.6) is 0 Å². The Morgan fingerprint density at radius 2 is 0.674 bits per heavy atom. The molecule has 278 valence electrons. The van der Waals surface area contributed by atoms with Crippen LogP contribution in [0, 0.1) is 5.92 Å². The van der Waals surface area contributed by atoms with Gasteiger partial charge in [0.1, 0.15) is 0 Å². The fourth-order valence-corrected chi connectivity index (χ4v) is 7.33. The molecule has 0 radical (unpaired) electrons. The standard InChI is InChI=1S/C40H82O5S/c1-3-5-7-9-11-13-15-17-19-21-23-25-27-29-31-33-35-40(39-45-46(42,43)44-38-37-41)36-34-32-30-28-26-24-22-20-18-16-14-12-10-8-6-4-2/h40-41H,3-39H2,1-2H3. The maximum atomic E-state index is 12.0. The molecular formula is C40H82O5S. The summed E-state index contributed by atoms with van der Waals surface area (Å²) in [5, 5.41) is 8.88. The highest BCUT2D eigenvalue weighted by Gasteiger charge is 2.17. The van der Waals surface area contributed by atoms with Crippen molar-refractivity contribution in [1.82, 2.24) is 0 Å². The molecule has 0 heterocycles. The average molecular weight is 675 g/mol. The number of rotatable bonds is 40. The summed E-state index contributed by atoms with van der Waals surface area (Å²) in [5.74, 6) is 0.255. The van der Waals surface area contributed by atoms with Gasteiger partial charge in [0.05, 0.1) is 19.8 Å². The molecule has 0 aromatic rings. The van der Waals surface area contributed by atoms with E-state index in [9.17, 15) is 8.42 Å². The number of hydrogen-bond acceptors (Lipinski definition) is 5. The summed E-state index contributed by atoms with van der Waals surface area (Å²) in [7, 11) is -4.02. The predicted molar refractivity (Wildman–Crippen MR) is 200 cm³/mol. The molecule has 0 amide bonds. The Kier molecular flexibility index (Phi) is 37.5. The summed E-state index contributed by atoms with van der Waals surface area (Å²) in [6.07, 6.45) is 45.6. The Labute approximate surface area is 289 Å². The van der Waals surface area contributed by atoms with Crippen LogP contribution in [0.15, 0.2) is 0 Å². The van der Waals surface area contributed by atoms with E-state index in [1.807, 2.05) is 0 Å². The van der Waals surface area contributed by atoms with Crippen molar-refractivity contribution in [2.75, 3.05) is 19.8 Å². The van der Waals surface area contributed by atoms with E-state index in [-0.39, 0.29) is 25.7 Å². The van der Waals surface area contributed by atoms with Crippen molar-refractivity contribution in [2.45, 2.75) is 232 Å². The molecule has 0 aliphatic rings. The lowest BCUT2D eigenvalue weighted by Crippen LogP contribution is -2.18. The second kappa shape index (κ2) is 37.6. The summed E-state index contributed by atoms with van der Waals surface area (Å²) in [6.45, 7) is 4.19. The highest BCUT2D eigenvalue weighted by Crippen LogP contribution is 2.22. The zero-order valence-electron chi connectivity index (χ0n) is 31.2. The van der Waals surface area contributed by atoms with Gasteiger partial charge in [0.15, 0.2) is 0 Å². The quantitative estimate of drug-likeness (QED) is 0.0655. The molecule has 0 saturated carbocycles. The van der Waals surface area contributed by atoms with Gasteiger partial charge in [0.2, 0.25) is 0 Å². The monoisotopic (exact) mass is 675 g/mol. The summed E-state index contributed by atoms with van der Waals surface area (Å²) >= 11 is 0. The number of hydrogen-bond donors (Lipinski definition) is 1. The fraction of sp³-hybridized carbons (Fsp3) is 1.00. The summed E-state index contributed by atoms with van der Waals surface area (Å²) < 4.78 is 33.9. The summed E-state index contributed by atoms with van der Waals surface area (Å²) in [4.78, 5) is 0. The Balaban J connectivity index is 3.88. The minimum Gasteiger partial charge on any atom is -0.394 e. The Morgan fingerprint density at radius 1 is 0.413 bits per heavy atom. The van der Waals surface area contributed by atoms with Gasteiger partial charge in [0.25, 0.3) is 0 Å². The molecule has 0 spiro atoms. The molecule has 0 atom stereocenters. The zero-order valence-corrected chi connectivity index (χ0v) is 32.0. The third kappa shape index (κ3) is 36.7. The lowest BCUT2D eigenvalue weighted by molar-refractivity contribution is 0.151.